The number of nitrogens with zero attached hydrogens (tertiary/aromatic N) is 1. The van der Waals surface area contributed by atoms with Crippen molar-refractivity contribution in [3.8, 4) is 0 Å². The summed E-state index contributed by atoms with van der Waals surface area (Å²) in [6.45, 7) is 4.06. The molecule has 0 saturated heterocycles. The fourth-order valence-electron chi connectivity index (χ4n) is 2.05. The predicted octanol–water partition coefficient (Wildman–Crippen LogP) is 3.29. The van der Waals surface area contributed by atoms with Crippen molar-refractivity contribution in [1.29, 1.82) is 0 Å². The van der Waals surface area contributed by atoms with Gasteiger partial charge in [-0.1, -0.05) is 6.07 Å². The van der Waals surface area contributed by atoms with Crippen LogP contribution in [0.3, 0.4) is 0 Å². The highest BCUT2D eigenvalue weighted by Crippen LogP contribution is 2.23. The van der Waals surface area contributed by atoms with E-state index < -0.39 is 0 Å². The van der Waals surface area contributed by atoms with E-state index in [9.17, 15) is 4.39 Å². The smallest absolute Gasteiger partial charge is 0.146 e. The lowest BCUT2D eigenvalue weighted by Crippen LogP contribution is -2.30. The summed E-state index contributed by atoms with van der Waals surface area (Å²) >= 11 is 1.82. The van der Waals surface area contributed by atoms with Gasteiger partial charge in [-0.25, -0.2) is 4.39 Å². The summed E-state index contributed by atoms with van der Waals surface area (Å²) in [6.07, 6.45) is 3.86. The Hall–Kier alpha value is -0.740. The molecule has 1 aromatic carbocycles. The standard InChI is InChI=1S/C15H25FN2S/c1-11(17)9-13-5-6-15(14(16)10-13)18(3)12(2)7-8-19-4/h5-6,10-12H,7-9,17H2,1-4H3. The molecular weight excluding hydrogens is 259 g/mol. The number of halogens is 1. The molecule has 2 nitrogen and oxygen atoms in total. The molecule has 0 aliphatic heterocycles. The molecule has 2 N–H and O–H groups in total. The van der Waals surface area contributed by atoms with Gasteiger partial charge in [-0.3, -0.25) is 0 Å². The van der Waals surface area contributed by atoms with Gasteiger partial charge >= 0.3 is 0 Å². The molecule has 0 radical (unpaired) electrons. The molecule has 0 amide bonds. The topological polar surface area (TPSA) is 29.3 Å². The first kappa shape index (κ1) is 16.3. The van der Waals surface area contributed by atoms with E-state index in [-0.39, 0.29) is 11.9 Å². The van der Waals surface area contributed by atoms with Crippen LogP contribution in [0.4, 0.5) is 10.1 Å². The molecule has 0 aliphatic carbocycles. The Morgan fingerprint density at radius 1 is 1.37 bits per heavy atom. The zero-order chi connectivity index (χ0) is 14.4. The Morgan fingerprint density at radius 3 is 2.58 bits per heavy atom. The van der Waals surface area contributed by atoms with E-state index in [1.54, 1.807) is 6.07 Å². The number of anilines is 1. The molecule has 0 bridgehead atoms. The lowest BCUT2D eigenvalue weighted by molar-refractivity contribution is 0.597. The molecule has 4 heteroatoms. The van der Waals surface area contributed by atoms with E-state index in [1.807, 2.05) is 42.8 Å². The Labute approximate surface area is 120 Å². The van der Waals surface area contributed by atoms with Crippen molar-refractivity contribution in [1.82, 2.24) is 0 Å². The molecule has 2 atom stereocenters. The maximum atomic E-state index is 14.1. The predicted molar refractivity (Wildman–Crippen MR) is 84.6 cm³/mol. The van der Waals surface area contributed by atoms with Gasteiger partial charge in [-0.2, -0.15) is 11.8 Å². The van der Waals surface area contributed by atoms with Gasteiger partial charge in [0.1, 0.15) is 5.82 Å². The fraction of sp³-hybridized carbons (Fsp3) is 0.600. The molecule has 1 aromatic rings. The average molecular weight is 284 g/mol. The van der Waals surface area contributed by atoms with Crippen molar-refractivity contribution >= 4 is 17.4 Å². The molecule has 0 aromatic heterocycles. The maximum absolute atomic E-state index is 14.1. The van der Waals surface area contributed by atoms with Crippen molar-refractivity contribution < 1.29 is 4.39 Å². The van der Waals surface area contributed by atoms with Crippen molar-refractivity contribution in [2.45, 2.75) is 38.8 Å². The minimum absolute atomic E-state index is 0.0588. The lowest BCUT2D eigenvalue weighted by atomic mass is 10.1. The van der Waals surface area contributed by atoms with Gasteiger partial charge in [0.25, 0.3) is 0 Å². The van der Waals surface area contributed by atoms with Gasteiger partial charge in [-0.15, -0.1) is 0 Å². The summed E-state index contributed by atoms with van der Waals surface area (Å²) in [5.41, 5.74) is 7.37. The van der Waals surface area contributed by atoms with Gasteiger partial charge in [0.2, 0.25) is 0 Å². The van der Waals surface area contributed by atoms with Gasteiger partial charge < -0.3 is 10.6 Å². The van der Waals surface area contributed by atoms with Gasteiger partial charge in [-0.05, 0) is 56.4 Å². The van der Waals surface area contributed by atoms with Crippen LogP contribution >= 0.6 is 11.8 Å². The Kier molecular flexibility index (Phi) is 6.66. The summed E-state index contributed by atoms with van der Waals surface area (Å²) in [4.78, 5) is 2.02. The van der Waals surface area contributed by atoms with Crippen molar-refractivity contribution in [3.05, 3.63) is 29.6 Å². The molecule has 2 unspecified atom stereocenters. The van der Waals surface area contributed by atoms with E-state index in [2.05, 4.69) is 13.2 Å². The average Bonchev–Trinajstić information content (AvgIpc) is 2.34. The first-order valence-corrected chi connectivity index (χ1v) is 8.10. The highest BCUT2D eigenvalue weighted by molar-refractivity contribution is 7.98. The van der Waals surface area contributed by atoms with E-state index in [0.29, 0.717) is 18.2 Å². The van der Waals surface area contributed by atoms with Gasteiger partial charge in [0, 0.05) is 19.1 Å². The summed E-state index contributed by atoms with van der Waals surface area (Å²) < 4.78 is 14.1. The maximum Gasteiger partial charge on any atom is 0.146 e. The third-order valence-electron chi connectivity index (χ3n) is 3.35. The van der Waals surface area contributed by atoms with E-state index in [0.717, 1.165) is 17.7 Å². The number of benzene rings is 1. The SMILES string of the molecule is CSCCC(C)N(C)c1ccc(CC(C)N)cc1F. The highest BCUT2D eigenvalue weighted by Gasteiger charge is 2.14. The summed E-state index contributed by atoms with van der Waals surface area (Å²) in [5, 5.41) is 0. The Bertz CT molecular complexity index is 396. The second-order valence-electron chi connectivity index (χ2n) is 5.21. The monoisotopic (exact) mass is 284 g/mol. The van der Waals surface area contributed by atoms with Crippen LogP contribution in [0, 0.1) is 5.82 Å². The molecule has 1 rings (SSSR count). The molecule has 19 heavy (non-hydrogen) atoms. The molecule has 0 spiro atoms. The molecular formula is C15H25FN2S. The van der Waals surface area contributed by atoms with Crippen LogP contribution in [0.15, 0.2) is 18.2 Å². The number of nitrogens with two attached hydrogens (primary N) is 1. The summed E-state index contributed by atoms with van der Waals surface area (Å²) in [7, 11) is 1.95. The molecule has 108 valence electrons. The normalized spacial score (nSPS) is 14.2. The van der Waals surface area contributed by atoms with Crippen LogP contribution in [0.1, 0.15) is 25.8 Å². The Morgan fingerprint density at radius 2 is 2.05 bits per heavy atom. The second kappa shape index (κ2) is 7.75. The summed E-state index contributed by atoms with van der Waals surface area (Å²) in [5.74, 6) is 0.937. The molecule has 0 saturated carbocycles. The van der Waals surface area contributed by atoms with E-state index >= 15 is 0 Å². The second-order valence-corrected chi connectivity index (χ2v) is 6.19. The zero-order valence-electron chi connectivity index (χ0n) is 12.3. The quantitative estimate of drug-likeness (QED) is 0.833. The van der Waals surface area contributed by atoms with Crippen LogP contribution in [0.2, 0.25) is 0 Å². The van der Waals surface area contributed by atoms with Crippen molar-refractivity contribution in [2.24, 2.45) is 5.73 Å². The van der Waals surface area contributed by atoms with Gasteiger partial charge in [0.15, 0.2) is 0 Å². The zero-order valence-corrected chi connectivity index (χ0v) is 13.1. The van der Waals surface area contributed by atoms with Crippen LogP contribution in [-0.4, -0.2) is 31.1 Å². The first-order valence-electron chi connectivity index (χ1n) is 6.71. The van der Waals surface area contributed by atoms with Crippen LogP contribution in [0.25, 0.3) is 0 Å². The number of hydrogen-bond acceptors (Lipinski definition) is 3. The number of hydrogen-bond donors (Lipinski definition) is 1. The minimum atomic E-state index is -0.156. The largest absolute Gasteiger partial charge is 0.369 e. The third kappa shape index (κ3) is 5.03. The highest BCUT2D eigenvalue weighted by atomic mass is 32.2. The first-order chi connectivity index (χ1) is 8.95. The molecule has 0 fully saturated rings. The Balaban J connectivity index is 2.77. The molecule has 0 aliphatic rings. The fourth-order valence-corrected chi connectivity index (χ4v) is 2.63. The van der Waals surface area contributed by atoms with Gasteiger partial charge in [0.05, 0.1) is 5.69 Å². The van der Waals surface area contributed by atoms with Crippen molar-refractivity contribution in [2.75, 3.05) is 24.0 Å². The van der Waals surface area contributed by atoms with E-state index in [4.69, 9.17) is 5.73 Å². The minimum Gasteiger partial charge on any atom is -0.369 e. The molecule has 0 heterocycles. The third-order valence-corrected chi connectivity index (χ3v) is 3.99. The number of rotatable bonds is 7. The number of thioether (sulfide) groups is 1. The van der Waals surface area contributed by atoms with Crippen LogP contribution < -0.4 is 10.6 Å². The van der Waals surface area contributed by atoms with Crippen LogP contribution in [-0.2, 0) is 6.42 Å². The summed E-state index contributed by atoms with van der Waals surface area (Å²) in [6, 6.07) is 5.84. The van der Waals surface area contributed by atoms with Crippen molar-refractivity contribution in [3.63, 3.8) is 0 Å². The lowest BCUT2D eigenvalue weighted by Gasteiger charge is -2.27. The van der Waals surface area contributed by atoms with E-state index in [1.165, 1.54) is 0 Å². The van der Waals surface area contributed by atoms with Crippen LogP contribution in [0.5, 0.6) is 0 Å².